The zero-order valence-corrected chi connectivity index (χ0v) is 18.7. The zero-order valence-electron chi connectivity index (χ0n) is 18.7. The van der Waals surface area contributed by atoms with Crippen molar-refractivity contribution in [3.8, 4) is 5.69 Å². The number of fused-ring (bicyclic) bond motifs is 1. The topological polar surface area (TPSA) is 93.3 Å². The lowest BCUT2D eigenvalue weighted by molar-refractivity contribution is -0.138. The van der Waals surface area contributed by atoms with E-state index in [-0.39, 0.29) is 16.5 Å². The van der Waals surface area contributed by atoms with Gasteiger partial charge in [0, 0.05) is 23.8 Å². The second-order valence-electron chi connectivity index (χ2n) is 8.95. The molecule has 2 N–H and O–H groups in total. The second kappa shape index (κ2) is 7.89. The molecule has 1 aliphatic heterocycles. The van der Waals surface area contributed by atoms with Crippen LogP contribution in [0.4, 0.5) is 18.9 Å². The van der Waals surface area contributed by atoms with Gasteiger partial charge in [-0.05, 0) is 41.8 Å². The lowest BCUT2D eigenvalue weighted by atomic mass is 9.87. The van der Waals surface area contributed by atoms with Gasteiger partial charge in [0.1, 0.15) is 5.56 Å². The molecule has 0 atom stereocenters. The van der Waals surface area contributed by atoms with Crippen molar-refractivity contribution in [3.63, 3.8) is 0 Å². The van der Waals surface area contributed by atoms with Gasteiger partial charge < -0.3 is 10.4 Å². The molecule has 0 aliphatic carbocycles. The number of hydrogen-bond acceptors (Lipinski definition) is 4. The van der Waals surface area contributed by atoms with Crippen LogP contribution in [0.25, 0.3) is 5.69 Å². The van der Waals surface area contributed by atoms with Crippen molar-refractivity contribution < 1.29 is 23.1 Å². The minimum absolute atomic E-state index is 0.0838. The highest BCUT2D eigenvalue weighted by atomic mass is 19.4. The maximum atomic E-state index is 13.3. The van der Waals surface area contributed by atoms with Gasteiger partial charge in [-0.2, -0.15) is 13.2 Å². The van der Waals surface area contributed by atoms with Crippen LogP contribution in [0.3, 0.4) is 0 Å². The van der Waals surface area contributed by atoms with Crippen molar-refractivity contribution in [1.82, 2.24) is 9.13 Å². The van der Waals surface area contributed by atoms with Crippen LogP contribution in [0.2, 0.25) is 0 Å². The van der Waals surface area contributed by atoms with Crippen LogP contribution < -0.4 is 16.6 Å². The molecule has 0 spiro atoms. The molecule has 0 saturated heterocycles. The quantitative estimate of drug-likeness (QED) is 0.602. The molecule has 0 radical (unpaired) electrons. The molecule has 7 nitrogen and oxygen atoms in total. The molecule has 0 amide bonds. The van der Waals surface area contributed by atoms with Gasteiger partial charge in [0.2, 0.25) is 0 Å². The number of carboxylic acids is 1. The van der Waals surface area contributed by atoms with Gasteiger partial charge in [-0.1, -0.05) is 32.0 Å². The molecule has 0 bridgehead atoms. The molecular formula is C24H22F3N3O4. The highest BCUT2D eigenvalue weighted by Crippen LogP contribution is 2.37. The Hall–Kier alpha value is -3.82. The Kier molecular flexibility index (Phi) is 5.42. The number of anilines is 1. The minimum Gasteiger partial charge on any atom is -0.477 e. The van der Waals surface area contributed by atoms with Crippen molar-refractivity contribution in [2.24, 2.45) is 0 Å². The number of nitrogens with zero attached hydrogens (tertiary/aromatic N) is 2. The molecule has 4 rings (SSSR count). The van der Waals surface area contributed by atoms with Crippen molar-refractivity contribution in [2.45, 2.75) is 38.9 Å². The molecule has 178 valence electrons. The Morgan fingerprint density at radius 3 is 2.53 bits per heavy atom. The predicted molar refractivity (Wildman–Crippen MR) is 120 cm³/mol. The zero-order chi connectivity index (χ0) is 25.0. The first-order valence-corrected chi connectivity index (χ1v) is 10.5. The number of aromatic carboxylic acids is 1. The molecule has 2 aromatic carbocycles. The van der Waals surface area contributed by atoms with E-state index >= 15 is 0 Å². The molecule has 1 aromatic heterocycles. The van der Waals surface area contributed by atoms with E-state index in [0.29, 0.717) is 16.8 Å². The Morgan fingerprint density at radius 2 is 1.88 bits per heavy atom. The van der Waals surface area contributed by atoms with Crippen LogP contribution in [0.15, 0.2) is 52.2 Å². The second-order valence-corrected chi connectivity index (χ2v) is 8.95. The Bertz CT molecular complexity index is 1430. The third kappa shape index (κ3) is 3.89. The number of carboxylic acid groups (broad SMARTS) is 1. The fourth-order valence-electron chi connectivity index (χ4n) is 4.24. The molecule has 2 heterocycles. The van der Waals surface area contributed by atoms with Gasteiger partial charge >= 0.3 is 17.8 Å². The third-order valence-corrected chi connectivity index (χ3v) is 6.21. The first-order valence-electron chi connectivity index (χ1n) is 10.5. The standard InChI is InChI=1S/C24H22F3N3O4/c1-13-14(5-4-6-17(13)24(25,26)27)10-30-20(31)16(21(32)33)11-29(22(30)34)15-7-8-18-19(9-15)28-12-23(18,2)3/h4-9,11,28H,10,12H2,1-3H3,(H,32,33). The smallest absolute Gasteiger partial charge is 0.416 e. The molecule has 0 unspecified atom stereocenters. The lowest BCUT2D eigenvalue weighted by Crippen LogP contribution is -2.42. The maximum Gasteiger partial charge on any atom is 0.416 e. The Morgan fingerprint density at radius 1 is 1.18 bits per heavy atom. The largest absolute Gasteiger partial charge is 0.477 e. The van der Waals surface area contributed by atoms with Crippen LogP contribution in [0, 0.1) is 6.92 Å². The summed E-state index contributed by atoms with van der Waals surface area (Å²) in [6.45, 7) is 5.52. The first-order chi connectivity index (χ1) is 15.8. The Balaban J connectivity index is 1.89. The SMILES string of the molecule is Cc1c(Cn2c(=O)c(C(=O)O)cn(-c3ccc4c(c3)NCC4(C)C)c2=O)cccc1C(F)(F)F. The summed E-state index contributed by atoms with van der Waals surface area (Å²) in [6, 6.07) is 8.61. The lowest BCUT2D eigenvalue weighted by Gasteiger charge is -2.18. The van der Waals surface area contributed by atoms with Crippen LogP contribution >= 0.6 is 0 Å². The van der Waals surface area contributed by atoms with Crippen LogP contribution in [0.1, 0.15) is 46.5 Å². The highest BCUT2D eigenvalue weighted by molar-refractivity contribution is 5.86. The van der Waals surface area contributed by atoms with E-state index in [1.807, 2.05) is 6.07 Å². The van der Waals surface area contributed by atoms with E-state index in [4.69, 9.17) is 0 Å². The van der Waals surface area contributed by atoms with Gasteiger partial charge in [-0.3, -0.25) is 13.9 Å². The summed E-state index contributed by atoms with van der Waals surface area (Å²) in [6.07, 6.45) is -3.66. The number of carbonyl (C=O) groups is 1. The summed E-state index contributed by atoms with van der Waals surface area (Å²) in [5.41, 5.74) is -1.57. The monoisotopic (exact) mass is 473 g/mol. The van der Waals surface area contributed by atoms with Gasteiger partial charge in [0.05, 0.1) is 17.8 Å². The number of aromatic nitrogens is 2. The van der Waals surface area contributed by atoms with Crippen molar-refractivity contribution in [2.75, 3.05) is 11.9 Å². The number of rotatable bonds is 4. The third-order valence-electron chi connectivity index (χ3n) is 6.21. The number of nitrogens with one attached hydrogen (secondary N) is 1. The van der Waals surface area contributed by atoms with Gasteiger partial charge in [-0.15, -0.1) is 0 Å². The van der Waals surface area contributed by atoms with E-state index in [9.17, 15) is 32.7 Å². The summed E-state index contributed by atoms with van der Waals surface area (Å²) in [5.74, 6) is -1.55. The van der Waals surface area contributed by atoms with Crippen molar-refractivity contribution >= 4 is 11.7 Å². The fraction of sp³-hybridized carbons (Fsp3) is 0.292. The van der Waals surface area contributed by atoms with Gasteiger partial charge in [0.15, 0.2) is 0 Å². The number of hydrogen-bond donors (Lipinski definition) is 2. The van der Waals surface area contributed by atoms with Crippen molar-refractivity contribution in [3.05, 3.63) is 91.3 Å². The summed E-state index contributed by atoms with van der Waals surface area (Å²) >= 11 is 0. The summed E-state index contributed by atoms with van der Waals surface area (Å²) in [4.78, 5) is 37.9. The van der Waals surface area contributed by atoms with Gasteiger partial charge in [-0.25, -0.2) is 9.59 Å². The normalized spacial score (nSPS) is 14.5. The summed E-state index contributed by atoms with van der Waals surface area (Å²) in [7, 11) is 0. The van der Waals surface area contributed by atoms with Gasteiger partial charge in [0.25, 0.3) is 5.56 Å². The first kappa shape index (κ1) is 23.3. The number of alkyl halides is 3. The van der Waals surface area contributed by atoms with E-state index in [1.54, 1.807) is 12.1 Å². The average molecular weight is 473 g/mol. The highest BCUT2D eigenvalue weighted by Gasteiger charge is 2.33. The average Bonchev–Trinajstić information content (AvgIpc) is 3.05. The molecule has 1 aliphatic rings. The van der Waals surface area contributed by atoms with Crippen molar-refractivity contribution in [1.29, 1.82) is 0 Å². The van der Waals surface area contributed by atoms with E-state index in [1.165, 1.54) is 19.1 Å². The molecule has 34 heavy (non-hydrogen) atoms. The number of benzene rings is 2. The minimum atomic E-state index is -4.61. The van der Waals surface area contributed by atoms with Crippen LogP contribution in [0.5, 0.6) is 0 Å². The fourth-order valence-corrected chi connectivity index (χ4v) is 4.24. The maximum absolute atomic E-state index is 13.3. The van der Waals surface area contributed by atoms with Crippen LogP contribution in [-0.2, 0) is 18.1 Å². The Labute approximate surface area is 192 Å². The summed E-state index contributed by atoms with van der Waals surface area (Å²) in [5, 5.41) is 12.8. The van der Waals surface area contributed by atoms with E-state index in [2.05, 4.69) is 19.2 Å². The van der Waals surface area contributed by atoms with E-state index < -0.39 is 41.1 Å². The molecule has 0 fully saturated rings. The summed E-state index contributed by atoms with van der Waals surface area (Å²) < 4.78 is 41.7. The van der Waals surface area contributed by atoms with E-state index in [0.717, 1.165) is 28.1 Å². The predicted octanol–water partition coefficient (Wildman–Crippen LogP) is 3.78. The van der Waals surface area contributed by atoms with Crippen LogP contribution in [-0.4, -0.2) is 26.8 Å². The molecule has 10 heteroatoms. The molecule has 0 saturated carbocycles. The molecular weight excluding hydrogens is 451 g/mol. The number of halogens is 3. The molecule has 3 aromatic rings.